The number of aromatic nitrogens is 1. The Balaban J connectivity index is 1.30. The Morgan fingerprint density at radius 2 is 1.67 bits per heavy atom. The molecule has 0 bridgehead atoms. The first-order chi connectivity index (χ1) is 14.7. The third-order valence-corrected chi connectivity index (χ3v) is 5.93. The highest BCUT2D eigenvalue weighted by Gasteiger charge is 2.27. The van der Waals surface area contributed by atoms with Crippen molar-refractivity contribution in [2.24, 2.45) is 0 Å². The van der Waals surface area contributed by atoms with Crippen LogP contribution in [-0.4, -0.2) is 23.5 Å². The van der Waals surface area contributed by atoms with Gasteiger partial charge in [-0.15, -0.1) is 0 Å². The first-order valence-electron chi connectivity index (χ1n) is 9.40. The molecule has 7 heteroatoms. The van der Waals surface area contributed by atoms with Gasteiger partial charge in [0, 0.05) is 9.79 Å². The van der Waals surface area contributed by atoms with E-state index in [1.165, 1.54) is 6.39 Å². The summed E-state index contributed by atoms with van der Waals surface area (Å²) < 4.78 is 10.5. The van der Waals surface area contributed by atoms with E-state index in [2.05, 4.69) is 4.98 Å². The van der Waals surface area contributed by atoms with Crippen molar-refractivity contribution < 1.29 is 18.7 Å². The molecule has 1 aliphatic heterocycles. The summed E-state index contributed by atoms with van der Waals surface area (Å²) in [6.07, 6.45) is 1.40. The van der Waals surface area contributed by atoms with Crippen molar-refractivity contribution in [2.45, 2.75) is 16.2 Å². The summed E-state index contributed by atoms with van der Waals surface area (Å²) in [5.74, 6) is -0.627. The average molecular weight is 416 g/mol. The van der Waals surface area contributed by atoms with Gasteiger partial charge in [-0.3, -0.25) is 9.69 Å². The maximum absolute atomic E-state index is 13.1. The molecule has 0 fully saturated rings. The highest BCUT2D eigenvalue weighted by atomic mass is 32.2. The van der Waals surface area contributed by atoms with Gasteiger partial charge in [0.25, 0.3) is 0 Å². The summed E-state index contributed by atoms with van der Waals surface area (Å²) in [5, 5.41) is 0. The van der Waals surface area contributed by atoms with Crippen LogP contribution < -0.4 is 4.90 Å². The van der Waals surface area contributed by atoms with Gasteiger partial charge < -0.3 is 9.15 Å². The Bertz CT molecular complexity index is 1220. The Hall–Kier alpha value is -3.58. The molecule has 0 saturated heterocycles. The SMILES string of the molecule is O=C(OCCC(=O)N1c2ccccc2Sc2ccccc21)c1ccc2ocnc2c1. The van der Waals surface area contributed by atoms with Crippen LogP contribution in [0.5, 0.6) is 0 Å². The first-order valence-corrected chi connectivity index (χ1v) is 10.2. The summed E-state index contributed by atoms with van der Waals surface area (Å²) in [4.78, 5) is 33.2. The number of hydrogen-bond acceptors (Lipinski definition) is 6. The van der Waals surface area contributed by atoms with E-state index in [0.29, 0.717) is 16.7 Å². The lowest BCUT2D eigenvalue weighted by atomic mass is 10.2. The van der Waals surface area contributed by atoms with Crippen molar-refractivity contribution >= 4 is 46.1 Å². The highest BCUT2D eigenvalue weighted by Crippen LogP contribution is 2.48. The van der Waals surface area contributed by atoms with Gasteiger partial charge in [-0.2, -0.15) is 0 Å². The predicted molar refractivity (Wildman–Crippen MR) is 113 cm³/mol. The largest absolute Gasteiger partial charge is 0.462 e. The summed E-state index contributed by atoms with van der Waals surface area (Å²) in [6.45, 7) is -0.0114. The molecular formula is C23H16N2O4S. The molecule has 3 aromatic carbocycles. The summed E-state index contributed by atoms with van der Waals surface area (Å²) in [6, 6.07) is 20.5. The molecular weight excluding hydrogens is 400 g/mol. The summed E-state index contributed by atoms with van der Waals surface area (Å²) in [5.41, 5.74) is 3.23. The molecule has 0 N–H and O–H groups in total. The second-order valence-electron chi connectivity index (χ2n) is 6.69. The van der Waals surface area contributed by atoms with Gasteiger partial charge in [0.1, 0.15) is 12.1 Å². The lowest BCUT2D eigenvalue weighted by Gasteiger charge is -2.31. The molecule has 0 atom stereocenters. The lowest BCUT2D eigenvalue weighted by molar-refractivity contribution is -0.118. The first kappa shape index (κ1) is 18.4. The van der Waals surface area contributed by atoms with E-state index in [0.717, 1.165) is 21.2 Å². The number of amides is 1. The van der Waals surface area contributed by atoms with Crippen LogP contribution in [0.2, 0.25) is 0 Å². The fourth-order valence-corrected chi connectivity index (χ4v) is 4.44. The number of benzene rings is 3. The van der Waals surface area contributed by atoms with Crippen molar-refractivity contribution in [3.8, 4) is 0 Å². The second kappa shape index (κ2) is 7.68. The quantitative estimate of drug-likeness (QED) is 0.426. The smallest absolute Gasteiger partial charge is 0.338 e. The molecule has 1 aliphatic rings. The molecule has 0 spiro atoms. The van der Waals surface area contributed by atoms with Crippen LogP contribution in [0, 0.1) is 0 Å². The number of hydrogen-bond donors (Lipinski definition) is 0. The van der Waals surface area contributed by atoms with Crippen LogP contribution in [0.1, 0.15) is 16.8 Å². The van der Waals surface area contributed by atoms with Crippen LogP contribution in [0.15, 0.2) is 87.3 Å². The van der Waals surface area contributed by atoms with Crippen molar-refractivity contribution in [3.05, 3.63) is 78.7 Å². The van der Waals surface area contributed by atoms with Crippen molar-refractivity contribution in [3.63, 3.8) is 0 Å². The normalized spacial score (nSPS) is 12.3. The fraction of sp³-hybridized carbons (Fsp3) is 0.0870. The van der Waals surface area contributed by atoms with E-state index < -0.39 is 5.97 Å². The third-order valence-electron chi connectivity index (χ3n) is 4.80. The summed E-state index contributed by atoms with van der Waals surface area (Å²) in [7, 11) is 0. The second-order valence-corrected chi connectivity index (χ2v) is 7.77. The summed E-state index contributed by atoms with van der Waals surface area (Å²) >= 11 is 1.64. The lowest BCUT2D eigenvalue weighted by Crippen LogP contribution is -2.29. The van der Waals surface area contributed by atoms with Gasteiger partial charge in [-0.1, -0.05) is 36.0 Å². The topological polar surface area (TPSA) is 72.6 Å². The van der Waals surface area contributed by atoms with Crippen LogP contribution in [0.25, 0.3) is 11.1 Å². The average Bonchev–Trinajstić information content (AvgIpc) is 3.25. The molecule has 30 heavy (non-hydrogen) atoms. The number of nitrogens with zero attached hydrogens (tertiary/aromatic N) is 2. The molecule has 148 valence electrons. The zero-order chi connectivity index (χ0) is 20.5. The van der Waals surface area contributed by atoms with Gasteiger partial charge in [-0.05, 0) is 42.5 Å². The maximum Gasteiger partial charge on any atom is 0.338 e. The van der Waals surface area contributed by atoms with Crippen LogP contribution in [0.3, 0.4) is 0 Å². The van der Waals surface area contributed by atoms with Crippen LogP contribution in [0.4, 0.5) is 11.4 Å². The zero-order valence-corrected chi connectivity index (χ0v) is 16.6. The van der Waals surface area contributed by atoms with Crippen molar-refractivity contribution in [1.82, 2.24) is 4.98 Å². The number of fused-ring (bicyclic) bond motifs is 3. The standard InChI is InChI=1S/C23H16N2O4S/c26-22(11-12-28-23(27)15-9-10-19-16(13-15)24-14-29-19)25-17-5-1-3-7-20(17)30-21-8-4-2-6-18(21)25/h1-10,13-14H,11-12H2. The number of esters is 1. The molecule has 6 nitrogen and oxygen atoms in total. The fourth-order valence-electron chi connectivity index (χ4n) is 3.38. The van der Waals surface area contributed by atoms with E-state index in [9.17, 15) is 9.59 Å². The van der Waals surface area contributed by atoms with Gasteiger partial charge in [0.05, 0.1) is 23.4 Å². The Labute approximate surface area is 176 Å². The number of oxazole rings is 1. The maximum atomic E-state index is 13.1. The molecule has 1 aromatic heterocycles. The zero-order valence-electron chi connectivity index (χ0n) is 15.8. The molecule has 0 radical (unpaired) electrons. The number of carbonyl (C=O) groups excluding carboxylic acids is 2. The van der Waals surface area contributed by atoms with E-state index in [1.807, 2.05) is 48.5 Å². The van der Waals surface area contributed by atoms with Gasteiger partial charge in [-0.25, -0.2) is 9.78 Å². The Morgan fingerprint density at radius 3 is 2.40 bits per heavy atom. The monoisotopic (exact) mass is 416 g/mol. The van der Waals surface area contributed by atoms with Gasteiger partial charge in [0.2, 0.25) is 5.91 Å². The van der Waals surface area contributed by atoms with Gasteiger partial charge >= 0.3 is 5.97 Å². The molecule has 2 heterocycles. The Kier molecular flexibility index (Phi) is 4.72. The van der Waals surface area contributed by atoms with E-state index >= 15 is 0 Å². The number of carbonyl (C=O) groups is 2. The molecule has 5 rings (SSSR count). The number of ether oxygens (including phenoxy) is 1. The van der Waals surface area contributed by atoms with Crippen LogP contribution in [-0.2, 0) is 9.53 Å². The van der Waals surface area contributed by atoms with E-state index in [4.69, 9.17) is 9.15 Å². The number of anilines is 2. The predicted octanol–water partition coefficient (Wildman–Crippen LogP) is 5.20. The van der Waals surface area contributed by atoms with Crippen molar-refractivity contribution in [1.29, 1.82) is 0 Å². The number of rotatable bonds is 4. The van der Waals surface area contributed by atoms with Crippen molar-refractivity contribution in [2.75, 3.05) is 11.5 Å². The van der Waals surface area contributed by atoms with Gasteiger partial charge in [0.15, 0.2) is 12.0 Å². The minimum Gasteiger partial charge on any atom is -0.462 e. The van der Waals surface area contributed by atoms with E-state index in [-0.39, 0.29) is 18.9 Å². The molecule has 1 amide bonds. The van der Waals surface area contributed by atoms with Crippen LogP contribution >= 0.6 is 11.8 Å². The highest BCUT2D eigenvalue weighted by molar-refractivity contribution is 7.99. The minimum absolute atomic E-state index is 0.0114. The number of para-hydroxylation sites is 2. The van der Waals surface area contributed by atoms with E-state index in [1.54, 1.807) is 34.9 Å². The molecule has 0 aliphatic carbocycles. The molecule has 0 unspecified atom stereocenters. The molecule has 0 saturated carbocycles. The minimum atomic E-state index is -0.497. The molecule has 4 aromatic rings. The third kappa shape index (κ3) is 3.33. The Morgan fingerprint density at radius 1 is 0.967 bits per heavy atom.